The van der Waals surface area contributed by atoms with E-state index in [1.165, 1.54) is 5.56 Å². The molecule has 0 amide bonds. The van der Waals surface area contributed by atoms with E-state index in [0.717, 1.165) is 16.5 Å². The van der Waals surface area contributed by atoms with Gasteiger partial charge in [-0.2, -0.15) is 0 Å². The quantitative estimate of drug-likeness (QED) is 0.840. The lowest BCUT2D eigenvalue weighted by atomic mass is 10.0. The van der Waals surface area contributed by atoms with E-state index in [1.54, 1.807) is 0 Å². The van der Waals surface area contributed by atoms with Crippen LogP contribution in [0, 0.1) is 0 Å². The Kier molecular flexibility index (Phi) is 3.33. The Labute approximate surface area is 86.9 Å². The Hall–Kier alpha value is -0.540. The molecule has 0 aliphatic carbocycles. The number of rotatable bonds is 2. The van der Waals surface area contributed by atoms with Gasteiger partial charge in [0.15, 0.2) is 0 Å². The largest absolute Gasteiger partial charge is 0.506 e. The lowest BCUT2D eigenvalue weighted by molar-refractivity contribution is 0.460. The van der Waals surface area contributed by atoms with E-state index in [1.807, 2.05) is 19.1 Å². The minimum absolute atomic E-state index is 0.136. The van der Waals surface area contributed by atoms with Crippen LogP contribution in [0.3, 0.4) is 0 Å². The van der Waals surface area contributed by atoms with Gasteiger partial charge in [-0.15, -0.1) is 0 Å². The molecule has 1 atom stereocenters. The van der Waals surface area contributed by atoms with E-state index in [0.29, 0.717) is 0 Å². The van der Waals surface area contributed by atoms with Crippen molar-refractivity contribution in [3.8, 4) is 5.75 Å². The molecule has 0 radical (unpaired) electrons. The van der Waals surface area contributed by atoms with E-state index in [4.69, 9.17) is 5.73 Å². The molecule has 0 spiro atoms. The van der Waals surface area contributed by atoms with Crippen LogP contribution in [0.4, 0.5) is 0 Å². The molecule has 0 saturated heterocycles. The zero-order chi connectivity index (χ0) is 10.0. The Morgan fingerprint density at radius 1 is 1.54 bits per heavy atom. The predicted octanol–water partition coefficient (Wildman–Crippen LogP) is 2.74. The highest BCUT2D eigenvalue weighted by Gasteiger charge is 2.10. The first kappa shape index (κ1) is 10.5. The average Bonchev–Trinajstić information content (AvgIpc) is 2.09. The van der Waals surface area contributed by atoms with Crippen molar-refractivity contribution < 1.29 is 5.11 Å². The molecule has 1 rings (SSSR count). The Morgan fingerprint density at radius 3 is 2.62 bits per heavy atom. The summed E-state index contributed by atoms with van der Waals surface area (Å²) in [6.07, 6.45) is 0.943. The molecule has 0 saturated carbocycles. The number of hydrogen-bond donors (Lipinski definition) is 2. The fourth-order valence-electron chi connectivity index (χ4n) is 1.23. The van der Waals surface area contributed by atoms with E-state index in [9.17, 15) is 5.11 Å². The molecule has 0 heterocycles. The van der Waals surface area contributed by atoms with Crippen LogP contribution < -0.4 is 5.73 Å². The van der Waals surface area contributed by atoms with Crippen LogP contribution in [-0.2, 0) is 6.42 Å². The van der Waals surface area contributed by atoms with Crippen molar-refractivity contribution in [2.45, 2.75) is 26.3 Å². The maximum Gasteiger partial charge on any atom is 0.134 e. The van der Waals surface area contributed by atoms with Gasteiger partial charge in [-0.05, 0) is 40.9 Å². The summed E-state index contributed by atoms with van der Waals surface area (Å²) in [5, 5.41) is 9.66. The lowest BCUT2D eigenvalue weighted by Crippen LogP contribution is -2.06. The fourth-order valence-corrected chi connectivity index (χ4v) is 1.75. The Morgan fingerprint density at radius 2 is 2.15 bits per heavy atom. The van der Waals surface area contributed by atoms with Crippen LogP contribution in [0.2, 0.25) is 0 Å². The molecule has 0 aliphatic rings. The second-order valence-corrected chi connectivity index (χ2v) is 4.01. The topological polar surface area (TPSA) is 46.2 Å². The van der Waals surface area contributed by atoms with Gasteiger partial charge in [-0.1, -0.05) is 13.0 Å². The van der Waals surface area contributed by atoms with Gasteiger partial charge in [0.25, 0.3) is 0 Å². The van der Waals surface area contributed by atoms with Gasteiger partial charge in [-0.25, -0.2) is 0 Å². The van der Waals surface area contributed by atoms with Crippen molar-refractivity contribution in [3.05, 3.63) is 27.7 Å². The first-order valence-corrected chi connectivity index (χ1v) is 5.12. The highest BCUT2D eigenvalue weighted by atomic mass is 79.9. The summed E-state index contributed by atoms with van der Waals surface area (Å²) < 4.78 is 0.721. The molecule has 3 heteroatoms. The van der Waals surface area contributed by atoms with Gasteiger partial charge in [0, 0.05) is 11.6 Å². The van der Waals surface area contributed by atoms with Crippen LogP contribution in [-0.4, -0.2) is 5.11 Å². The summed E-state index contributed by atoms with van der Waals surface area (Å²) in [6, 6.07) is 3.73. The van der Waals surface area contributed by atoms with E-state index >= 15 is 0 Å². The summed E-state index contributed by atoms with van der Waals surface area (Å²) in [4.78, 5) is 0. The van der Waals surface area contributed by atoms with Crippen molar-refractivity contribution >= 4 is 15.9 Å². The molecule has 3 N–H and O–H groups in total. The second kappa shape index (κ2) is 4.11. The average molecular weight is 244 g/mol. The maximum atomic E-state index is 9.66. The third kappa shape index (κ3) is 2.23. The monoisotopic (exact) mass is 243 g/mol. The highest BCUT2D eigenvalue weighted by Crippen LogP contribution is 2.32. The second-order valence-electron chi connectivity index (χ2n) is 3.16. The smallest absolute Gasteiger partial charge is 0.134 e. The highest BCUT2D eigenvalue weighted by molar-refractivity contribution is 9.10. The van der Waals surface area contributed by atoms with Crippen LogP contribution in [0.15, 0.2) is 16.6 Å². The van der Waals surface area contributed by atoms with Gasteiger partial charge in [-0.3, -0.25) is 0 Å². The number of phenols is 1. The number of aryl methyl sites for hydroxylation is 1. The predicted molar refractivity (Wildman–Crippen MR) is 57.8 cm³/mol. The molecule has 13 heavy (non-hydrogen) atoms. The zero-order valence-electron chi connectivity index (χ0n) is 7.84. The molecule has 0 aliphatic heterocycles. The molecule has 1 unspecified atom stereocenters. The lowest BCUT2D eigenvalue weighted by Gasteiger charge is -2.11. The molecule has 1 aromatic rings. The third-order valence-corrected chi connectivity index (χ3v) is 2.66. The van der Waals surface area contributed by atoms with Gasteiger partial charge < -0.3 is 10.8 Å². The fraction of sp³-hybridized carbons (Fsp3) is 0.400. The van der Waals surface area contributed by atoms with Crippen molar-refractivity contribution in [1.29, 1.82) is 0 Å². The summed E-state index contributed by atoms with van der Waals surface area (Å²) in [5.74, 6) is 0.257. The molecule has 0 fully saturated rings. The van der Waals surface area contributed by atoms with Crippen molar-refractivity contribution in [1.82, 2.24) is 0 Å². The van der Waals surface area contributed by atoms with Gasteiger partial charge in [0.2, 0.25) is 0 Å². The first-order chi connectivity index (χ1) is 6.06. The summed E-state index contributed by atoms with van der Waals surface area (Å²) in [6.45, 7) is 3.94. The maximum absolute atomic E-state index is 9.66. The van der Waals surface area contributed by atoms with Crippen LogP contribution in [0.5, 0.6) is 5.75 Å². The van der Waals surface area contributed by atoms with E-state index in [2.05, 4.69) is 22.9 Å². The summed E-state index contributed by atoms with van der Waals surface area (Å²) in [5.41, 5.74) is 7.70. The third-order valence-electron chi connectivity index (χ3n) is 2.05. The minimum Gasteiger partial charge on any atom is -0.506 e. The van der Waals surface area contributed by atoms with E-state index in [-0.39, 0.29) is 11.8 Å². The molecular weight excluding hydrogens is 230 g/mol. The van der Waals surface area contributed by atoms with E-state index < -0.39 is 0 Å². The minimum atomic E-state index is -0.136. The molecule has 0 aromatic heterocycles. The molecule has 2 nitrogen and oxygen atoms in total. The Balaban J connectivity index is 3.25. The van der Waals surface area contributed by atoms with Crippen LogP contribution in [0.1, 0.15) is 31.0 Å². The van der Waals surface area contributed by atoms with Crippen molar-refractivity contribution in [3.63, 3.8) is 0 Å². The van der Waals surface area contributed by atoms with Crippen LogP contribution >= 0.6 is 15.9 Å². The number of phenolic OH excluding ortho intramolecular Hbond substituents is 1. The van der Waals surface area contributed by atoms with Gasteiger partial charge >= 0.3 is 0 Å². The molecule has 1 aromatic carbocycles. The first-order valence-electron chi connectivity index (χ1n) is 4.33. The number of halogens is 1. The molecular formula is C10H14BrNO. The van der Waals surface area contributed by atoms with Crippen LogP contribution in [0.25, 0.3) is 0 Å². The molecule has 0 bridgehead atoms. The zero-order valence-corrected chi connectivity index (χ0v) is 9.43. The van der Waals surface area contributed by atoms with Crippen molar-refractivity contribution in [2.75, 3.05) is 0 Å². The number of aromatic hydroxyl groups is 1. The normalized spacial score (nSPS) is 12.9. The summed E-state index contributed by atoms with van der Waals surface area (Å²) >= 11 is 3.30. The van der Waals surface area contributed by atoms with Gasteiger partial charge in [0.1, 0.15) is 5.75 Å². The van der Waals surface area contributed by atoms with Crippen molar-refractivity contribution in [2.24, 2.45) is 5.73 Å². The Bertz CT molecular complexity index is 310. The molecule has 72 valence electrons. The number of nitrogens with two attached hydrogens (primary N) is 1. The summed E-state index contributed by atoms with van der Waals surface area (Å²) in [7, 11) is 0. The van der Waals surface area contributed by atoms with Gasteiger partial charge in [0.05, 0.1) is 4.47 Å². The SMILES string of the molecule is CCc1cc(Br)c(O)c(C(C)N)c1. The number of benzene rings is 1. The number of hydrogen-bond acceptors (Lipinski definition) is 2. The standard InChI is InChI=1S/C10H14BrNO/c1-3-7-4-8(6(2)12)10(13)9(11)5-7/h4-6,13H,3,12H2,1-2H3.